The van der Waals surface area contributed by atoms with Gasteiger partial charge in [0.1, 0.15) is 0 Å². The molecule has 0 atom stereocenters. The Morgan fingerprint density at radius 3 is 2.57 bits per heavy atom. The van der Waals surface area contributed by atoms with E-state index in [9.17, 15) is 4.79 Å². The number of benzene rings is 1. The number of carboxylic acids is 1. The number of nitrogens with two attached hydrogens (primary N) is 1. The summed E-state index contributed by atoms with van der Waals surface area (Å²) in [6, 6.07) is 4.82. The topological polar surface area (TPSA) is 63.3 Å². The summed E-state index contributed by atoms with van der Waals surface area (Å²) in [5, 5.41) is 9.16. The van der Waals surface area contributed by atoms with Gasteiger partial charge >= 0.3 is 5.97 Å². The van der Waals surface area contributed by atoms with E-state index in [0.29, 0.717) is 10.9 Å². The van der Waals surface area contributed by atoms with Crippen molar-refractivity contribution in [2.45, 2.75) is 24.0 Å². The van der Waals surface area contributed by atoms with Crippen molar-refractivity contribution >= 4 is 23.4 Å². The molecule has 0 heterocycles. The van der Waals surface area contributed by atoms with Crippen molar-refractivity contribution < 1.29 is 9.90 Å². The number of carbonyl (C=O) groups is 1. The number of carboxylic acid groups (broad SMARTS) is 1. The fourth-order valence-electron chi connectivity index (χ4n) is 1.04. The minimum Gasteiger partial charge on any atom is -0.478 e. The van der Waals surface area contributed by atoms with Gasteiger partial charge in [-0.3, -0.25) is 0 Å². The SMILES string of the molecule is CC(C)Sc1ccc(C(=O)O)cc1N. The molecule has 0 fully saturated rings. The second-order valence-electron chi connectivity index (χ2n) is 3.22. The van der Waals surface area contributed by atoms with Crippen molar-refractivity contribution in [3.63, 3.8) is 0 Å². The zero-order valence-electron chi connectivity index (χ0n) is 8.15. The van der Waals surface area contributed by atoms with Gasteiger partial charge in [-0.1, -0.05) is 13.8 Å². The first-order chi connectivity index (χ1) is 6.50. The van der Waals surface area contributed by atoms with Gasteiger partial charge in [-0.25, -0.2) is 4.79 Å². The van der Waals surface area contributed by atoms with Crippen molar-refractivity contribution in [3.8, 4) is 0 Å². The van der Waals surface area contributed by atoms with Crippen molar-refractivity contribution in [2.75, 3.05) is 5.73 Å². The summed E-state index contributed by atoms with van der Waals surface area (Å²) in [6.45, 7) is 4.13. The van der Waals surface area contributed by atoms with Gasteiger partial charge in [0.25, 0.3) is 0 Å². The van der Waals surface area contributed by atoms with Gasteiger partial charge in [-0.05, 0) is 18.2 Å². The summed E-state index contributed by atoms with van der Waals surface area (Å²) >= 11 is 1.63. The Balaban J connectivity index is 2.95. The number of hydrogen-bond donors (Lipinski definition) is 2. The molecule has 1 aromatic carbocycles. The summed E-state index contributed by atoms with van der Waals surface area (Å²) in [7, 11) is 0. The smallest absolute Gasteiger partial charge is 0.335 e. The molecule has 0 saturated heterocycles. The van der Waals surface area contributed by atoms with E-state index in [1.165, 1.54) is 6.07 Å². The average Bonchev–Trinajstić information content (AvgIpc) is 2.07. The fraction of sp³-hybridized carbons (Fsp3) is 0.300. The van der Waals surface area contributed by atoms with Crippen LogP contribution in [0.3, 0.4) is 0 Å². The second-order valence-corrected chi connectivity index (χ2v) is 4.84. The highest BCUT2D eigenvalue weighted by atomic mass is 32.2. The molecule has 0 saturated carbocycles. The molecular weight excluding hydrogens is 198 g/mol. The summed E-state index contributed by atoms with van der Waals surface area (Å²) in [5.41, 5.74) is 6.49. The van der Waals surface area contributed by atoms with Crippen molar-refractivity contribution in [1.82, 2.24) is 0 Å². The first-order valence-corrected chi connectivity index (χ1v) is 5.18. The van der Waals surface area contributed by atoms with Crippen LogP contribution >= 0.6 is 11.8 Å². The number of aromatic carboxylic acids is 1. The van der Waals surface area contributed by atoms with Crippen LogP contribution in [0.4, 0.5) is 5.69 Å². The highest BCUT2D eigenvalue weighted by Gasteiger charge is 2.07. The van der Waals surface area contributed by atoms with Crippen molar-refractivity contribution in [1.29, 1.82) is 0 Å². The van der Waals surface area contributed by atoms with Crippen molar-refractivity contribution in [3.05, 3.63) is 23.8 Å². The lowest BCUT2D eigenvalue weighted by atomic mass is 10.2. The third-order valence-electron chi connectivity index (χ3n) is 1.62. The van der Waals surface area contributed by atoms with Crippen LogP contribution < -0.4 is 5.73 Å². The van der Waals surface area contributed by atoms with Crippen LogP contribution in [0, 0.1) is 0 Å². The van der Waals surface area contributed by atoms with Crippen LogP contribution in [-0.2, 0) is 0 Å². The highest BCUT2D eigenvalue weighted by Crippen LogP contribution is 2.29. The van der Waals surface area contributed by atoms with E-state index in [0.717, 1.165) is 4.90 Å². The molecule has 0 unspecified atom stereocenters. The molecule has 76 valence electrons. The standard InChI is InChI=1S/C10H13NO2S/c1-6(2)14-9-4-3-7(10(12)13)5-8(9)11/h3-6H,11H2,1-2H3,(H,12,13). The molecule has 0 spiro atoms. The summed E-state index contributed by atoms with van der Waals surface area (Å²) in [5.74, 6) is -0.946. The Kier molecular flexibility index (Phi) is 3.41. The number of thioether (sulfide) groups is 1. The monoisotopic (exact) mass is 211 g/mol. The minimum absolute atomic E-state index is 0.232. The van der Waals surface area contributed by atoms with Crippen LogP contribution in [0.25, 0.3) is 0 Å². The maximum atomic E-state index is 10.6. The lowest BCUT2D eigenvalue weighted by Crippen LogP contribution is -1.99. The first-order valence-electron chi connectivity index (χ1n) is 4.30. The van der Waals surface area contributed by atoms with Crippen LogP contribution in [-0.4, -0.2) is 16.3 Å². The Bertz CT molecular complexity index is 350. The van der Waals surface area contributed by atoms with E-state index in [-0.39, 0.29) is 5.56 Å². The Labute approximate surface area is 87.3 Å². The van der Waals surface area contributed by atoms with E-state index in [4.69, 9.17) is 10.8 Å². The molecule has 0 radical (unpaired) electrons. The molecule has 4 heteroatoms. The van der Waals surface area contributed by atoms with Crippen LogP contribution in [0.5, 0.6) is 0 Å². The van der Waals surface area contributed by atoms with Crippen LogP contribution in [0.2, 0.25) is 0 Å². The van der Waals surface area contributed by atoms with Gasteiger partial charge in [-0.2, -0.15) is 0 Å². The molecule has 0 bridgehead atoms. The number of rotatable bonds is 3. The lowest BCUT2D eigenvalue weighted by molar-refractivity contribution is 0.0697. The maximum absolute atomic E-state index is 10.6. The predicted molar refractivity (Wildman–Crippen MR) is 58.8 cm³/mol. The summed E-state index contributed by atoms with van der Waals surface area (Å²) in [4.78, 5) is 11.6. The predicted octanol–water partition coefficient (Wildman–Crippen LogP) is 2.47. The van der Waals surface area contributed by atoms with Gasteiger partial charge in [0.05, 0.1) is 5.56 Å². The number of anilines is 1. The molecule has 3 N–H and O–H groups in total. The van der Waals surface area contributed by atoms with Gasteiger partial charge in [0.2, 0.25) is 0 Å². The third-order valence-corrected chi connectivity index (χ3v) is 2.72. The maximum Gasteiger partial charge on any atom is 0.335 e. The van der Waals surface area contributed by atoms with Gasteiger partial charge in [0.15, 0.2) is 0 Å². The number of hydrogen-bond acceptors (Lipinski definition) is 3. The summed E-state index contributed by atoms with van der Waals surface area (Å²) in [6.07, 6.45) is 0. The van der Waals surface area contributed by atoms with Gasteiger partial charge in [0, 0.05) is 15.8 Å². The molecule has 3 nitrogen and oxygen atoms in total. The Morgan fingerprint density at radius 2 is 2.14 bits per heavy atom. The molecule has 0 amide bonds. The Hall–Kier alpha value is -1.16. The molecule has 14 heavy (non-hydrogen) atoms. The second kappa shape index (κ2) is 4.37. The molecule has 1 rings (SSSR count). The molecule has 0 aliphatic rings. The van der Waals surface area contributed by atoms with Crippen LogP contribution in [0.15, 0.2) is 23.1 Å². The fourth-order valence-corrected chi connectivity index (χ4v) is 1.89. The molecule has 0 aliphatic heterocycles. The van der Waals surface area contributed by atoms with E-state index >= 15 is 0 Å². The highest BCUT2D eigenvalue weighted by molar-refractivity contribution is 8.00. The lowest BCUT2D eigenvalue weighted by Gasteiger charge is -2.08. The van der Waals surface area contributed by atoms with E-state index in [1.807, 2.05) is 0 Å². The molecule has 1 aromatic rings. The number of nitrogen functional groups attached to an aromatic ring is 1. The zero-order chi connectivity index (χ0) is 10.7. The third kappa shape index (κ3) is 2.67. The largest absolute Gasteiger partial charge is 0.478 e. The quantitative estimate of drug-likeness (QED) is 0.595. The average molecular weight is 211 g/mol. The van der Waals surface area contributed by atoms with Gasteiger partial charge < -0.3 is 10.8 Å². The normalized spacial score (nSPS) is 10.5. The van der Waals surface area contributed by atoms with Crippen LogP contribution in [0.1, 0.15) is 24.2 Å². The van der Waals surface area contributed by atoms with E-state index in [1.54, 1.807) is 23.9 Å². The molecule has 0 aromatic heterocycles. The minimum atomic E-state index is -0.946. The zero-order valence-corrected chi connectivity index (χ0v) is 8.97. The Morgan fingerprint density at radius 1 is 1.50 bits per heavy atom. The first kappa shape index (κ1) is 10.9. The molecule has 0 aliphatic carbocycles. The van der Waals surface area contributed by atoms with E-state index in [2.05, 4.69) is 13.8 Å². The van der Waals surface area contributed by atoms with Crippen molar-refractivity contribution in [2.24, 2.45) is 0 Å². The summed E-state index contributed by atoms with van der Waals surface area (Å²) < 4.78 is 0. The van der Waals surface area contributed by atoms with E-state index < -0.39 is 5.97 Å². The molecular formula is C10H13NO2S. The van der Waals surface area contributed by atoms with Gasteiger partial charge in [-0.15, -0.1) is 11.8 Å².